The van der Waals surface area contributed by atoms with Crippen LogP contribution in [0, 0.1) is 23.7 Å². The highest BCUT2D eigenvalue weighted by molar-refractivity contribution is 5.87. The lowest BCUT2D eigenvalue weighted by Gasteiger charge is -2.64. The minimum absolute atomic E-state index is 0.00527. The summed E-state index contributed by atoms with van der Waals surface area (Å²) in [4.78, 5) is 12.4. The first-order valence-electron chi connectivity index (χ1n) is 17.4. The molecule has 1 aromatic heterocycles. The molecule has 48 heavy (non-hydrogen) atoms. The number of hydrogen-bond acceptors (Lipinski definition) is 13. The molecule has 0 spiro atoms. The van der Waals surface area contributed by atoms with Crippen molar-refractivity contribution < 1.29 is 58.8 Å². The van der Waals surface area contributed by atoms with Gasteiger partial charge in [-0.1, -0.05) is 13.8 Å². The zero-order valence-corrected chi connectivity index (χ0v) is 28.2. The fraction of sp³-hybridized carbons (Fsp3) is 0.743. The number of furan rings is 1. The first-order valence-corrected chi connectivity index (χ1v) is 17.4. The summed E-state index contributed by atoms with van der Waals surface area (Å²) < 4.78 is 30.0. The minimum atomic E-state index is -2.33. The molecule has 3 aliphatic rings. The summed E-state index contributed by atoms with van der Waals surface area (Å²) in [5, 5.41) is 71.6. The molecule has 3 fully saturated rings. The van der Waals surface area contributed by atoms with Gasteiger partial charge in [0.25, 0.3) is 0 Å². The van der Waals surface area contributed by atoms with Crippen LogP contribution < -0.4 is 14.8 Å². The van der Waals surface area contributed by atoms with Crippen molar-refractivity contribution in [2.75, 3.05) is 39.5 Å². The van der Waals surface area contributed by atoms with Gasteiger partial charge in [-0.3, -0.25) is 4.79 Å². The van der Waals surface area contributed by atoms with E-state index in [9.17, 15) is 35.4 Å². The van der Waals surface area contributed by atoms with Crippen LogP contribution in [-0.4, -0.2) is 112 Å². The predicted octanol–water partition coefficient (Wildman–Crippen LogP) is 1.65. The molecule has 9 atom stereocenters. The molecule has 2 heterocycles. The molecule has 0 radical (unpaired) electrons. The van der Waals surface area contributed by atoms with Gasteiger partial charge in [0, 0.05) is 36.8 Å². The van der Waals surface area contributed by atoms with Crippen molar-refractivity contribution in [3.63, 3.8) is 0 Å². The highest BCUT2D eigenvalue weighted by Crippen LogP contribution is 2.58. The molecule has 7 N–H and O–H groups in total. The molecule has 13 heteroatoms. The summed E-state index contributed by atoms with van der Waals surface area (Å²) >= 11 is 0. The van der Waals surface area contributed by atoms with Gasteiger partial charge < -0.3 is 59.3 Å². The number of carbonyl (C=O) groups excluding carboxylic acids is 1. The fourth-order valence-corrected chi connectivity index (χ4v) is 8.09. The van der Waals surface area contributed by atoms with Crippen LogP contribution in [-0.2, 0) is 20.7 Å². The molecule has 1 saturated heterocycles. The van der Waals surface area contributed by atoms with Crippen LogP contribution in [0.25, 0.3) is 11.0 Å². The number of hydrogen-bond donors (Lipinski definition) is 7. The highest BCUT2D eigenvalue weighted by Gasteiger charge is 2.73. The molecule has 2 bridgehead atoms. The van der Waals surface area contributed by atoms with Crippen molar-refractivity contribution in [1.82, 2.24) is 5.32 Å². The van der Waals surface area contributed by atoms with Gasteiger partial charge in [-0.15, -0.1) is 0 Å². The van der Waals surface area contributed by atoms with E-state index in [1.54, 1.807) is 19.1 Å². The monoisotopic (exact) mass is 679 g/mol. The number of aliphatic hydroxyl groups is 6. The van der Waals surface area contributed by atoms with Gasteiger partial charge >= 0.3 is 5.97 Å². The van der Waals surface area contributed by atoms with Crippen LogP contribution in [0.4, 0.5) is 0 Å². The van der Waals surface area contributed by atoms with E-state index >= 15 is 0 Å². The molecular weight excluding hydrogens is 626 g/mol. The first-order chi connectivity index (χ1) is 23.0. The van der Waals surface area contributed by atoms with Gasteiger partial charge in [0.15, 0.2) is 16.9 Å². The van der Waals surface area contributed by atoms with E-state index in [1.165, 1.54) is 6.26 Å². The number of aliphatic hydroxyl groups excluding tert-OH is 4. The quantitative estimate of drug-likeness (QED) is 0.0999. The Morgan fingerprint density at radius 1 is 1.12 bits per heavy atom. The summed E-state index contributed by atoms with van der Waals surface area (Å²) in [6.07, 6.45) is -1.35. The van der Waals surface area contributed by atoms with Crippen LogP contribution in [0.3, 0.4) is 0 Å². The second kappa shape index (κ2) is 15.6. The van der Waals surface area contributed by atoms with Gasteiger partial charge in [0.2, 0.25) is 12.0 Å². The molecule has 2 aliphatic carbocycles. The zero-order valence-electron chi connectivity index (χ0n) is 28.2. The third kappa shape index (κ3) is 7.06. The number of benzene rings is 1. The maximum Gasteiger partial charge on any atom is 0.306 e. The van der Waals surface area contributed by atoms with Gasteiger partial charge in [-0.25, -0.2) is 0 Å². The third-order valence-corrected chi connectivity index (χ3v) is 10.4. The van der Waals surface area contributed by atoms with E-state index in [4.69, 9.17) is 23.4 Å². The lowest BCUT2D eigenvalue weighted by molar-refractivity contribution is -0.397. The molecule has 5 rings (SSSR count). The normalized spacial score (nSPS) is 33.1. The Hall–Kier alpha value is -2.49. The van der Waals surface area contributed by atoms with Gasteiger partial charge in [-0.2, -0.15) is 0 Å². The lowest BCUT2D eigenvalue weighted by Crippen LogP contribution is -2.81. The predicted molar refractivity (Wildman–Crippen MR) is 173 cm³/mol. The summed E-state index contributed by atoms with van der Waals surface area (Å²) in [6.45, 7) is 6.68. The molecule has 0 amide bonds. The number of ether oxygens (including phenoxy) is 4. The zero-order chi connectivity index (χ0) is 34.6. The van der Waals surface area contributed by atoms with Crippen molar-refractivity contribution in [3.05, 3.63) is 24.0 Å². The molecule has 9 unspecified atom stereocenters. The van der Waals surface area contributed by atoms with Crippen molar-refractivity contribution in [1.29, 1.82) is 0 Å². The summed E-state index contributed by atoms with van der Waals surface area (Å²) in [5.74, 6) is -1.74. The number of carbonyl (C=O) groups is 1. The third-order valence-electron chi connectivity index (χ3n) is 10.4. The van der Waals surface area contributed by atoms with E-state index < -0.39 is 72.7 Å². The number of fused-ring (bicyclic) bond motifs is 5. The highest BCUT2D eigenvalue weighted by atomic mass is 16.7. The summed E-state index contributed by atoms with van der Waals surface area (Å²) in [6, 6.07) is 3.53. The molecule has 13 nitrogen and oxygen atoms in total. The molecule has 2 saturated carbocycles. The minimum Gasteiger partial charge on any atom is -0.485 e. The van der Waals surface area contributed by atoms with Crippen molar-refractivity contribution in [2.24, 2.45) is 23.7 Å². The van der Waals surface area contributed by atoms with E-state index in [1.807, 2.05) is 0 Å². The van der Waals surface area contributed by atoms with Crippen molar-refractivity contribution in [3.8, 4) is 11.5 Å². The number of aryl methyl sites for hydroxylation is 1. The molecule has 270 valence electrons. The van der Waals surface area contributed by atoms with Crippen molar-refractivity contribution >= 4 is 16.9 Å². The van der Waals surface area contributed by atoms with Crippen LogP contribution in [0.2, 0.25) is 0 Å². The number of esters is 1. The standard InChI is InChI=1S/C35H53NO12/c1-4-44-27(40)10-8-21-16-22-11-14-45-29(22)31(46-15-13-36-12-5-6-20(2)3)30(21)48-33-35(43)28-23(7-9-25(39)24(28)18-37)17-34(42,32(35)41)26(19-38)47-33/h11,14,16,20,23-26,28,32-33,36-39,41-43H,4-10,12-13,15,17-19H2,1-3H3. The Morgan fingerprint density at radius 3 is 2.62 bits per heavy atom. The van der Waals surface area contributed by atoms with E-state index in [0.29, 0.717) is 41.8 Å². The first kappa shape index (κ1) is 36.8. The van der Waals surface area contributed by atoms with Crippen molar-refractivity contribution in [2.45, 2.75) is 102 Å². The molecular formula is C35H53NO12. The van der Waals surface area contributed by atoms with Crippen LogP contribution in [0.5, 0.6) is 11.5 Å². The van der Waals surface area contributed by atoms with E-state index in [0.717, 1.165) is 19.4 Å². The molecule has 1 aromatic carbocycles. The van der Waals surface area contributed by atoms with Crippen LogP contribution in [0.1, 0.15) is 64.9 Å². The Morgan fingerprint density at radius 2 is 1.92 bits per heavy atom. The average Bonchev–Trinajstić information content (AvgIpc) is 3.52. The topological polar surface area (TPSA) is 201 Å². The number of rotatable bonds is 16. The SMILES string of the molecule is CCOC(=O)CCc1cc2ccoc2c(OCCNCCCC(C)C)c1OC1OC(CO)C2(O)CC3CCC(O)C(CO)C3C1(O)C2O. The molecule has 2 aromatic rings. The summed E-state index contributed by atoms with van der Waals surface area (Å²) in [5.41, 5.74) is -3.49. The fourth-order valence-electron chi connectivity index (χ4n) is 8.09. The van der Waals surface area contributed by atoms with Gasteiger partial charge in [-0.05, 0) is 81.5 Å². The van der Waals surface area contributed by atoms with E-state index in [-0.39, 0.29) is 44.0 Å². The smallest absolute Gasteiger partial charge is 0.306 e. The lowest BCUT2D eigenvalue weighted by atomic mass is 9.51. The Bertz CT molecular complexity index is 1370. The molecule has 1 aliphatic heterocycles. The van der Waals surface area contributed by atoms with Crippen LogP contribution in [0.15, 0.2) is 22.8 Å². The second-order valence-corrected chi connectivity index (χ2v) is 14.0. The maximum atomic E-state index is 12.6. The Balaban J connectivity index is 1.53. The largest absolute Gasteiger partial charge is 0.485 e. The maximum absolute atomic E-state index is 12.6. The van der Waals surface area contributed by atoms with E-state index in [2.05, 4.69) is 19.2 Å². The second-order valence-electron chi connectivity index (χ2n) is 14.0. The summed E-state index contributed by atoms with van der Waals surface area (Å²) in [7, 11) is 0. The van der Waals surface area contributed by atoms with Crippen LogP contribution >= 0.6 is 0 Å². The van der Waals surface area contributed by atoms with Gasteiger partial charge in [0.1, 0.15) is 24.4 Å². The Kier molecular flexibility index (Phi) is 11.9. The average molecular weight is 680 g/mol. The van der Waals surface area contributed by atoms with Gasteiger partial charge in [0.05, 0.1) is 25.6 Å². The number of nitrogens with one attached hydrogen (secondary N) is 1. The Labute approximate surface area is 281 Å².